The molecule has 0 spiro atoms. The Hall–Kier alpha value is -2.64. The molecule has 0 aromatic heterocycles. The van der Waals surface area contributed by atoms with E-state index in [1.165, 1.54) is 11.1 Å². The minimum Gasteiger partial charge on any atom is -0.339 e. The molecule has 1 heterocycles. The van der Waals surface area contributed by atoms with Gasteiger partial charge in [0.1, 0.15) is 6.04 Å². The number of benzene rings is 2. The summed E-state index contributed by atoms with van der Waals surface area (Å²) in [5.41, 5.74) is 4.72. The van der Waals surface area contributed by atoms with Gasteiger partial charge >= 0.3 is 0 Å². The lowest BCUT2D eigenvalue weighted by atomic mass is 9.99. The van der Waals surface area contributed by atoms with Crippen LogP contribution in [0.2, 0.25) is 0 Å². The van der Waals surface area contributed by atoms with Crippen molar-refractivity contribution >= 4 is 5.91 Å². The SMILES string of the molecule is CCc1ccc(-c2ccc(C[C@@H](C#N)NC(=O)[C@@H]3CCCCN3)cc2)cc1. The van der Waals surface area contributed by atoms with Gasteiger partial charge in [-0.25, -0.2) is 0 Å². The summed E-state index contributed by atoms with van der Waals surface area (Å²) >= 11 is 0. The van der Waals surface area contributed by atoms with E-state index >= 15 is 0 Å². The van der Waals surface area contributed by atoms with E-state index < -0.39 is 6.04 Å². The summed E-state index contributed by atoms with van der Waals surface area (Å²) in [6.45, 7) is 3.02. The fourth-order valence-corrected chi connectivity index (χ4v) is 3.48. The lowest BCUT2D eigenvalue weighted by molar-refractivity contribution is -0.124. The van der Waals surface area contributed by atoms with E-state index in [1.807, 2.05) is 12.1 Å². The van der Waals surface area contributed by atoms with E-state index in [0.29, 0.717) is 6.42 Å². The van der Waals surface area contributed by atoms with Gasteiger partial charge in [0.05, 0.1) is 12.1 Å². The van der Waals surface area contributed by atoms with Gasteiger partial charge in [-0.3, -0.25) is 4.79 Å². The first-order valence-electron chi connectivity index (χ1n) is 9.81. The molecule has 27 heavy (non-hydrogen) atoms. The van der Waals surface area contributed by atoms with Crippen LogP contribution in [0.4, 0.5) is 0 Å². The normalized spacial score (nSPS) is 17.7. The van der Waals surface area contributed by atoms with Crippen LogP contribution >= 0.6 is 0 Å². The van der Waals surface area contributed by atoms with Crippen LogP contribution in [0.1, 0.15) is 37.3 Å². The molecule has 140 valence electrons. The molecule has 1 saturated heterocycles. The van der Waals surface area contributed by atoms with Crippen LogP contribution in [0.3, 0.4) is 0 Å². The van der Waals surface area contributed by atoms with Gasteiger partial charge in [-0.05, 0) is 48.1 Å². The zero-order valence-corrected chi connectivity index (χ0v) is 15.9. The summed E-state index contributed by atoms with van der Waals surface area (Å²) in [4.78, 5) is 12.3. The minimum atomic E-state index is -0.504. The smallest absolute Gasteiger partial charge is 0.238 e. The van der Waals surface area contributed by atoms with Crippen molar-refractivity contribution in [2.45, 2.75) is 51.1 Å². The van der Waals surface area contributed by atoms with E-state index in [4.69, 9.17) is 0 Å². The molecule has 2 atom stereocenters. The highest BCUT2D eigenvalue weighted by atomic mass is 16.2. The predicted molar refractivity (Wildman–Crippen MR) is 108 cm³/mol. The van der Waals surface area contributed by atoms with E-state index in [1.54, 1.807) is 0 Å². The van der Waals surface area contributed by atoms with Gasteiger partial charge in [-0.1, -0.05) is 61.9 Å². The second kappa shape index (κ2) is 9.34. The van der Waals surface area contributed by atoms with Crippen molar-refractivity contribution in [3.8, 4) is 17.2 Å². The molecule has 1 amide bonds. The van der Waals surface area contributed by atoms with Crippen molar-refractivity contribution in [2.75, 3.05) is 6.54 Å². The highest BCUT2D eigenvalue weighted by Gasteiger charge is 2.22. The van der Waals surface area contributed by atoms with Crippen LogP contribution in [0.15, 0.2) is 48.5 Å². The van der Waals surface area contributed by atoms with Crippen molar-refractivity contribution in [3.05, 3.63) is 59.7 Å². The third-order valence-electron chi connectivity index (χ3n) is 5.19. The molecule has 0 radical (unpaired) electrons. The second-order valence-electron chi connectivity index (χ2n) is 7.14. The maximum Gasteiger partial charge on any atom is 0.238 e. The van der Waals surface area contributed by atoms with Crippen LogP contribution in [0, 0.1) is 11.3 Å². The summed E-state index contributed by atoms with van der Waals surface area (Å²) < 4.78 is 0. The van der Waals surface area contributed by atoms with Gasteiger partial charge in [0.15, 0.2) is 0 Å². The number of aryl methyl sites for hydroxylation is 1. The molecule has 2 N–H and O–H groups in total. The molecule has 1 aliphatic heterocycles. The van der Waals surface area contributed by atoms with Crippen molar-refractivity contribution in [1.29, 1.82) is 5.26 Å². The Balaban J connectivity index is 1.60. The zero-order chi connectivity index (χ0) is 19.1. The standard InChI is InChI=1S/C23H27N3O/c1-2-17-6-10-19(11-7-17)20-12-8-18(9-13-20)15-21(16-24)26-23(27)22-5-3-4-14-25-22/h6-13,21-22,25H,2-5,14-15H2,1H3,(H,26,27)/t21-,22-/m0/s1. The molecule has 1 aliphatic rings. The zero-order valence-electron chi connectivity index (χ0n) is 15.9. The number of amides is 1. The number of hydrogen-bond donors (Lipinski definition) is 2. The minimum absolute atomic E-state index is 0.0612. The van der Waals surface area contributed by atoms with Crippen LogP contribution in [0.25, 0.3) is 11.1 Å². The summed E-state index contributed by atoms with van der Waals surface area (Å²) in [5.74, 6) is -0.0612. The molecule has 1 fully saturated rings. The predicted octanol–water partition coefficient (Wildman–Crippen LogP) is 3.61. The number of piperidine rings is 1. The topological polar surface area (TPSA) is 64.9 Å². The number of nitrogens with zero attached hydrogens (tertiary/aromatic N) is 1. The lowest BCUT2D eigenvalue weighted by Crippen LogP contribution is -2.49. The molecule has 2 aromatic carbocycles. The van der Waals surface area contributed by atoms with Crippen LogP contribution < -0.4 is 10.6 Å². The Morgan fingerprint density at radius 3 is 2.26 bits per heavy atom. The van der Waals surface area contributed by atoms with Crippen LogP contribution in [0.5, 0.6) is 0 Å². The first-order chi connectivity index (χ1) is 13.2. The van der Waals surface area contributed by atoms with Gasteiger partial charge in [-0.15, -0.1) is 0 Å². The van der Waals surface area contributed by atoms with Gasteiger partial charge in [0.25, 0.3) is 0 Å². The molecule has 0 unspecified atom stereocenters. The molecule has 3 rings (SSSR count). The fourth-order valence-electron chi connectivity index (χ4n) is 3.48. The highest BCUT2D eigenvalue weighted by molar-refractivity contribution is 5.82. The van der Waals surface area contributed by atoms with E-state index in [9.17, 15) is 10.1 Å². The molecule has 0 saturated carbocycles. The van der Waals surface area contributed by atoms with Crippen molar-refractivity contribution in [2.24, 2.45) is 0 Å². The quantitative estimate of drug-likeness (QED) is 0.826. The number of carbonyl (C=O) groups is 1. The number of carbonyl (C=O) groups excluding carboxylic acids is 1. The molecule has 4 nitrogen and oxygen atoms in total. The lowest BCUT2D eigenvalue weighted by Gasteiger charge is -2.23. The molecule has 0 bridgehead atoms. The molecule has 0 aliphatic carbocycles. The Bertz CT molecular complexity index is 784. The van der Waals surface area contributed by atoms with Gasteiger partial charge < -0.3 is 10.6 Å². The van der Waals surface area contributed by atoms with Gasteiger partial charge in [0.2, 0.25) is 5.91 Å². The summed E-state index contributed by atoms with van der Waals surface area (Å²) in [5, 5.41) is 15.5. The maximum absolute atomic E-state index is 12.3. The van der Waals surface area contributed by atoms with Crippen molar-refractivity contribution < 1.29 is 4.79 Å². The maximum atomic E-state index is 12.3. The summed E-state index contributed by atoms with van der Waals surface area (Å²) in [7, 11) is 0. The largest absolute Gasteiger partial charge is 0.339 e. The number of hydrogen-bond acceptors (Lipinski definition) is 3. The number of nitrogens with one attached hydrogen (secondary N) is 2. The Kier molecular flexibility index (Phi) is 6.62. The molecule has 2 aromatic rings. The van der Waals surface area contributed by atoms with Crippen molar-refractivity contribution in [1.82, 2.24) is 10.6 Å². The fraction of sp³-hybridized carbons (Fsp3) is 0.391. The third kappa shape index (κ3) is 5.18. The van der Waals surface area contributed by atoms with Crippen molar-refractivity contribution in [3.63, 3.8) is 0 Å². The van der Waals surface area contributed by atoms with Gasteiger partial charge in [0, 0.05) is 6.42 Å². The Labute approximate surface area is 161 Å². The van der Waals surface area contributed by atoms with E-state index in [-0.39, 0.29) is 11.9 Å². The number of nitriles is 1. The average Bonchev–Trinajstić information content (AvgIpc) is 2.74. The second-order valence-corrected chi connectivity index (χ2v) is 7.14. The molecular weight excluding hydrogens is 334 g/mol. The molecular formula is C23H27N3O. The van der Waals surface area contributed by atoms with Crippen LogP contribution in [-0.2, 0) is 17.6 Å². The number of rotatable bonds is 6. The highest BCUT2D eigenvalue weighted by Crippen LogP contribution is 2.21. The first-order valence-corrected chi connectivity index (χ1v) is 9.81. The van der Waals surface area contributed by atoms with Gasteiger partial charge in [-0.2, -0.15) is 5.26 Å². The summed E-state index contributed by atoms with van der Waals surface area (Å²) in [6.07, 6.45) is 4.57. The van der Waals surface area contributed by atoms with E-state index in [0.717, 1.165) is 43.4 Å². The molecule has 4 heteroatoms. The monoisotopic (exact) mass is 361 g/mol. The Morgan fingerprint density at radius 2 is 1.74 bits per heavy atom. The van der Waals surface area contributed by atoms with Crippen LogP contribution in [-0.4, -0.2) is 24.5 Å². The first kappa shape index (κ1) is 19.1. The summed E-state index contributed by atoms with van der Waals surface area (Å²) in [6, 6.07) is 18.4. The average molecular weight is 361 g/mol. The Morgan fingerprint density at radius 1 is 1.11 bits per heavy atom. The third-order valence-corrected chi connectivity index (χ3v) is 5.19. The van der Waals surface area contributed by atoms with E-state index in [2.05, 4.69) is 60.0 Å².